The van der Waals surface area contributed by atoms with Crippen molar-refractivity contribution in [3.05, 3.63) is 48.2 Å². The lowest BCUT2D eigenvalue weighted by Gasteiger charge is -2.14. The van der Waals surface area contributed by atoms with Crippen LogP contribution in [-0.4, -0.2) is 50.6 Å². The van der Waals surface area contributed by atoms with Crippen LogP contribution in [0.25, 0.3) is 22.3 Å². The number of likely N-dealkylation sites (tertiary alicyclic amines) is 1. The van der Waals surface area contributed by atoms with Gasteiger partial charge in [0.15, 0.2) is 12.3 Å². The topological polar surface area (TPSA) is 94.4 Å². The first-order valence-electron chi connectivity index (χ1n) is 9.89. The van der Waals surface area contributed by atoms with Crippen LogP contribution in [0.3, 0.4) is 0 Å². The molecule has 2 amide bonds. The fourth-order valence-corrected chi connectivity index (χ4v) is 3.52. The number of carbonyl (C=O) groups is 3. The molecule has 0 N–H and O–H groups in total. The van der Waals surface area contributed by atoms with Gasteiger partial charge in [-0.3, -0.25) is 14.5 Å². The van der Waals surface area contributed by atoms with Gasteiger partial charge < -0.3 is 4.74 Å². The summed E-state index contributed by atoms with van der Waals surface area (Å²) in [6, 6.07) is 11.2. The van der Waals surface area contributed by atoms with Crippen LogP contribution in [0.15, 0.2) is 42.6 Å². The van der Waals surface area contributed by atoms with Gasteiger partial charge in [-0.15, -0.1) is 0 Å². The quantitative estimate of drug-likeness (QED) is 0.605. The Hall–Kier alpha value is -3.55. The molecule has 1 aromatic carbocycles. The van der Waals surface area contributed by atoms with E-state index in [-0.39, 0.29) is 17.5 Å². The molecule has 0 unspecified atom stereocenters. The summed E-state index contributed by atoms with van der Waals surface area (Å²) >= 11 is 0. The molecule has 8 nitrogen and oxygen atoms in total. The van der Waals surface area contributed by atoms with E-state index < -0.39 is 18.5 Å². The number of amides is 2. The van der Waals surface area contributed by atoms with Crippen molar-refractivity contribution in [2.24, 2.45) is 0 Å². The van der Waals surface area contributed by atoms with E-state index >= 15 is 0 Å². The van der Waals surface area contributed by atoms with Gasteiger partial charge in [-0.25, -0.2) is 14.5 Å². The SMILES string of the molecule is CC(C)n1ncc2c(C(=O)OCC(=O)N3CCCC3=O)cc(-c3ccccc3)nc21. The standard InChI is InChI=1S/C22H22N4O4/c1-14(2)26-21-17(12-23-26)16(11-18(24-21)15-7-4-3-5-8-15)22(29)30-13-20(28)25-10-6-9-19(25)27/h3-5,7-8,11-12,14H,6,9-10,13H2,1-2H3. The average molecular weight is 406 g/mol. The summed E-state index contributed by atoms with van der Waals surface area (Å²) in [6.45, 7) is 3.85. The predicted octanol–water partition coefficient (Wildman–Crippen LogP) is 2.99. The van der Waals surface area contributed by atoms with Crippen molar-refractivity contribution < 1.29 is 19.1 Å². The van der Waals surface area contributed by atoms with Crippen molar-refractivity contribution in [3.63, 3.8) is 0 Å². The molecule has 1 saturated heterocycles. The van der Waals surface area contributed by atoms with Gasteiger partial charge in [-0.2, -0.15) is 5.10 Å². The first-order chi connectivity index (χ1) is 14.5. The summed E-state index contributed by atoms with van der Waals surface area (Å²) in [6.07, 6.45) is 2.57. The van der Waals surface area contributed by atoms with E-state index in [0.29, 0.717) is 36.1 Å². The van der Waals surface area contributed by atoms with Crippen molar-refractivity contribution in [2.75, 3.05) is 13.2 Å². The molecule has 0 aliphatic carbocycles. The van der Waals surface area contributed by atoms with Gasteiger partial charge in [0.05, 0.1) is 22.8 Å². The lowest BCUT2D eigenvalue weighted by atomic mass is 10.1. The smallest absolute Gasteiger partial charge is 0.339 e. The summed E-state index contributed by atoms with van der Waals surface area (Å²) < 4.78 is 7.01. The minimum Gasteiger partial charge on any atom is -0.452 e. The number of imide groups is 1. The Morgan fingerprint density at radius 1 is 1.20 bits per heavy atom. The highest BCUT2D eigenvalue weighted by Gasteiger charge is 2.27. The maximum absolute atomic E-state index is 12.9. The van der Waals surface area contributed by atoms with Crippen molar-refractivity contribution in [2.45, 2.75) is 32.7 Å². The summed E-state index contributed by atoms with van der Waals surface area (Å²) in [5, 5.41) is 4.92. The highest BCUT2D eigenvalue weighted by Crippen LogP contribution is 2.27. The Morgan fingerprint density at radius 2 is 1.97 bits per heavy atom. The molecule has 0 saturated carbocycles. The molecular formula is C22H22N4O4. The minimum absolute atomic E-state index is 0.0488. The number of esters is 1. The zero-order valence-corrected chi connectivity index (χ0v) is 16.9. The molecule has 0 radical (unpaired) electrons. The van der Waals surface area contributed by atoms with Gasteiger partial charge in [0.2, 0.25) is 5.91 Å². The normalized spacial score (nSPS) is 14.0. The van der Waals surface area contributed by atoms with Crippen molar-refractivity contribution in [3.8, 4) is 11.3 Å². The Balaban J connectivity index is 1.67. The van der Waals surface area contributed by atoms with Gasteiger partial charge in [-0.05, 0) is 26.3 Å². The minimum atomic E-state index is -0.650. The van der Waals surface area contributed by atoms with E-state index in [0.717, 1.165) is 10.5 Å². The molecule has 3 heterocycles. The zero-order valence-electron chi connectivity index (χ0n) is 16.9. The largest absolute Gasteiger partial charge is 0.452 e. The van der Waals surface area contributed by atoms with Crippen LogP contribution in [-0.2, 0) is 14.3 Å². The summed E-state index contributed by atoms with van der Waals surface area (Å²) in [5.74, 6) is -1.38. The second kappa shape index (κ2) is 8.06. The highest BCUT2D eigenvalue weighted by atomic mass is 16.5. The fourth-order valence-electron chi connectivity index (χ4n) is 3.52. The number of benzene rings is 1. The molecule has 8 heteroatoms. The number of carbonyl (C=O) groups excluding carboxylic acids is 3. The second-order valence-electron chi connectivity index (χ2n) is 7.46. The number of hydrogen-bond acceptors (Lipinski definition) is 6. The Bertz CT molecular complexity index is 1120. The van der Waals surface area contributed by atoms with Crippen LogP contribution in [0.5, 0.6) is 0 Å². The first-order valence-corrected chi connectivity index (χ1v) is 9.89. The average Bonchev–Trinajstić information content (AvgIpc) is 3.37. The van der Waals surface area contributed by atoms with Gasteiger partial charge in [0, 0.05) is 24.6 Å². The number of ether oxygens (including phenoxy) is 1. The van der Waals surface area contributed by atoms with Gasteiger partial charge >= 0.3 is 5.97 Å². The Labute approximate surface area is 173 Å². The summed E-state index contributed by atoms with van der Waals surface area (Å²) in [4.78, 5) is 42.7. The van der Waals surface area contributed by atoms with Crippen molar-refractivity contribution >= 4 is 28.8 Å². The molecule has 3 aromatic rings. The Kier molecular flexibility index (Phi) is 5.31. The number of rotatable bonds is 5. The predicted molar refractivity (Wildman–Crippen MR) is 110 cm³/mol. The van der Waals surface area contributed by atoms with E-state index in [2.05, 4.69) is 5.10 Å². The molecule has 1 aliphatic heterocycles. The number of hydrogen-bond donors (Lipinski definition) is 0. The second-order valence-corrected chi connectivity index (χ2v) is 7.46. The third-order valence-corrected chi connectivity index (χ3v) is 5.05. The molecule has 0 spiro atoms. The molecule has 30 heavy (non-hydrogen) atoms. The summed E-state index contributed by atoms with van der Waals surface area (Å²) in [5.41, 5.74) is 2.31. The van der Waals surface area contributed by atoms with Crippen LogP contribution in [0.2, 0.25) is 0 Å². The van der Waals surface area contributed by atoms with Gasteiger partial charge in [-0.1, -0.05) is 30.3 Å². The van der Waals surface area contributed by atoms with E-state index in [1.54, 1.807) is 16.9 Å². The van der Waals surface area contributed by atoms with Gasteiger partial charge in [0.1, 0.15) is 0 Å². The number of pyridine rings is 1. The van der Waals surface area contributed by atoms with Crippen LogP contribution in [0.4, 0.5) is 0 Å². The molecule has 1 fully saturated rings. The van der Waals surface area contributed by atoms with Crippen molar-refractivity contribution in [1.82, 2.24) is 19.7 Å². The third kappa shape index (κ3) is 3.68. The molecule has 0 atom stereocenters. The van der Waals surface area contributed by atoms with Crippen LogP contribution in [0, 0.1) is 0 Å². The third-order valence-electron chi connectivity index (χ3n) is 5.05. The van der Waals surface area contributed by atoms with Crippen LogP contribution in [0.1, 0.15) is 43.1 Å². The van der Waals surface area contributed by atoms with Crippen LogP contribution >= 0.6 is 0 Å². The van der Waals surface area contributed by atoms with E-state index in [1.165, 1.54) is 0 Å². The summed E-state index contributed by atoms with van der Waals surface area (Å²) in [7, 11) is 0. The Morgan fingerprint density at radius 3 is 2.63 bits per heavy atom. The molecule has 1 aliphatic rings. The van der Waals surface area contributed by atoms with Crippen LogP contribution < -0.4 is 0 Å². The maximum Gasteiger partial charge on any atom is 0.339 e. The number of fused-ring (bicyclic) bond motifs is 1. The van der Waals surface area contributed by atoms with E-state index in [1.807, 2.05) is 44.2 Å². The van der Waals surface area contributed by atoms with Gasteiger partial charge in [0.25, 0.3) is 5.91 Å². The monoisotopic (exact) mass is 406 g/mol. The fraction of sp³-hybridized carbons (Fsp3) is 0.318. The maximum atomic E-state index is 12.9. The first kappa shape index (κ1) is 19.8. The molecule has 154 valence electrons. The van der Waals surface area contributed by atoms with E-state index in [4.69, 9.17) is 9.72 Å². The molecule has 0 bridgehead atoms. The number of aromatic nitrogens is 3. The van der Waals surface area contributed by atoms with Crippen molar-refractivity contribution in [1.29, 1.82) is 0 Å². The zero-order chi connectivity index (χ0) is 21.3. The molecular weight excluding hydrogens is 384 g/mol. The number of nitrogens with zero attached hydrogens (tertiary/aromatic N) is 4. The lowest BCUT2D eigenvalue weighted by molar-refractivity contribution is -0.143. The van der Waals surface area contributed by atoms with E-state index in [9.17, 15) is 14.4 Å². The molecule has 4 rings (SSSR count). The highest BCUT2D eigenvalue weighted by molar-refractivity contribution is 6.05. The lowest BCUT2D eigenvalue weighted by Crippen LogP contribution is -2.35. The molecule has 2 aromatic heterocycles.